The molecule has 0 unspecified atom stereocenters. The zero-order valence-electron chi connectivity index (χ0n) is 7.82. The molecule has 2 aromatic heterocycles. The van der Waals surface area contributed by atoms with Crippen molar-refractivity contribution in [2.45, 2.75) is 26.3 Å². The van der Waals surface area contributed by atoms with Crippen molar-refractivity contribution in [3.63, 3.8) is 0 Å². The Morgan fingerprint density at radius 2 is 2.38 bits per heavy atom. The number of hydrogen-bond acceptors (Lipinski definition) is 3. The summed E-state index contributed by atoms with van der Waals surface area (Å²) in [5, 5.41) is 2.06. The van der Waals surface area contributed by atoms with Crippen LogP contribution < -0.4 is 5.73 Å². The van der Waals surface area contributed by atoms with Gasteiger partial charge in [0.15, 0.2) is 4.96 Å². The van der Waals surface area contributed by atoms with Gasteiger partial charge in [-0.15, -0.1) is 11.3 Å². The van der Waals surface area contributed by atoms with Crippen molar-refractivity contribution in [1.29, 1.82) is 0 Å². The standard InChI is InChI=1S/C9H13N3S/c1-6(2)8-4-12-7(3-10)5-13-9(12)11-8/h4-6H,3,10H2,1-2H3. The molecule has 0 fully saturated rings. The molecule has 4 heteroatoms. The SMILES string of the molecule is CC(C)c1cn2c(CN)csc2n1. The Hall–Kier alpha value is -0.870. The number of thiazole rings is 1. The van der Waals surface area contributed by atoms with Crippen LogP contribution in [0.1, 0.15) is 31.2 Å². The van der Waals surface area contributed by atoms with E-state index < -0.39 is 0 Å². The van der Waals surface area contributed by atoms with E-state index in [9.17, 15) is 0 Å². The van der Waals surface area contributed by atoms with Crippen LogP contribution in [0.4, 0.5) is 0 Å². The van der Waals surface area contributed by atoms with Crippen LogP contribution in [0.5, 0.6) is 0 Å². The van der Waals surface area contributed by atoms with Gasteiger partial charge in [0.1, 0.15) is 0 Å². The molecule has 0 saturated carbocycles. The van der Waals surface area contributed by atoms with E-state index in [1.807, 2.05) is 0 Å². The molecule has 2 rings (SSSR count). The van der Waals surface area contributed by atoms with E-state index in [1.165, 1.54) is 0 Å². The first-order valence-electron chi connectivity index (χ1n) is 4.37. The fourth-order valence-electron chi connectivity index (χ4n) is 1.27. The van der Waals surface area contributed by atoms with E-state index in [4.69, 9.17) is 5.73 Å². The minimum atomic E-state index is 0.484. The molecule has 0 aliphatic heterocycles. The molecule has 13 heavy (non-hydrogen) atoms. The second kappa shape index (κ2) is 3.12. The molecule has 0 aliphatic carbocycles. The van der Waals surface area contributed by atoms with Crippen LogP contribution in [-0.4, -0.2) is 9.38 Å². The molecule has 0 saturated heterocycles. The van der Waals surface area contributed by atoms with Gasteiger partial charge in [-0.05, 0) is 5.92 Å². The Morgan fingerprint density at radius 1 is 1.62 bits per heavy atom. The lowest BCUT2D eigenvalue weighted by Gasteiger charge is -1.96. The topological polar surface area (TPSA) is 43.3 Å². The lowest BCUT2D eigenvalue weighted by molar-refractivity contribution is 0.832. The maximum atomic E-state index is 5.60. The Labute approximate surface area is 81.2 Å². The minimum absolute atomic E-state index is 0.484. The maximum absolute atomic E-state index is 5.60. The van der Waals surface area contributed by atoms with Gasteiger partial charge >= 0.3 is 0 Å². The Bertz CT molecular complexity index is 413. The summed E-state index contributed by atoms with van der Waals surface area (Å²) in [6.45, 7) is 4.87. The van der Waals surface area contributed by atoms with E-state index in [2.05, 4.69) is 34.8 Å². The van der Waals surface area contributed by atoms with E-state index in [0.717, 1.165) is 16.3 Å². The van der Waals surface area contributed by atoms with Gasteiger partial charge < -0.3 is 5.73 Å². The summed E-state index contributed by atoms with van der Waals surface area (Å²) < 4.78 is 2.08. The number of rotatable bonds is 2. The molecule has 0 aliphatic rings. The monoisotopic (exact) mass is 195 g/mol. The van der Waals surface area contributed by atoms with E-state index >= 15 is 0 Å². The van der Waals surface area contributed by atoms with Gasteiger partial charge in [-0.3, -0.25) is 4.40 Å². The predicted molar refractivity (Wildman–Crippen MR) is 55.0 cm³/mol. The fraction of sp³-hybridized carbons (Fsp3) is 0.444. The molecule has 0 atom stereocenters. The Balaban J connectivity index is 2.56. The summed E-state index contributed by atoms with van der Waals surface area (Å²) >= 11 is 1.65. The van der Waals surface area contributed by atoms with Crippen LogP contribution >= 0.6 is 11.3 Å². The number of fused-ring (bicyclic) bond motifs is 1. The largest absolute Gasteiger partial charge is 0.325 e. The van der Waals surface area contributed by atoms with Crippen molar-refractivity contribution in [2.24, 2.45) is 5.73 Å². The molecular weight excluding hydrogens is 182 g/mol. The van der Waals surface area contributed by atoms with Crippen molar-refractivity contribution in [3.8, 4) is 0 Å². The molecule has 70 valence electrons. The van der Waals surface area contributed by atoms with Crippen LogP contribution in [0.3, 0.4) is 0 Å². The minimum Gasteiger partial charge on any atom is -0.325 e. The molecule has 2 N–H and O–H groups in total. The number of nitrogens with zero attached hydrogens (tertiary/aromatic N) is 2. The second-order valence-electron chi connectivity index (χ2n) is 3.40. The van der Waals surface area contributed by atoms with Gasteiger partial charge in [-0.1, -0.05) is 13.8 Å². The van der Waals surface area contributed by atoms with Gasteiger partial charge in [0, 0.05) is 23.8 Å². The number of nitrogens with two attached hydrogens (primary N) is 1. The quantitative estimate of drug-likeness (QED) is 0.796. The zero-order chi connectivity index (χ0) is 9.42. The number of aromatic nitrogens is 2. The van der Waals surface area contributed by atoms with Crippen molar-refractivity contribution < 1.29 is 0 Å². The number of hydrogen-bond donors (Lipinski definition) is 1. The van der Waals surface area contributed by atoms with Crippen molar-refractivity contribution >= 4 is 16.3 Å². The van der Waals surface area contributed by atoms with E-state index in [1.54, 1.807) is 11.3 Å². The van der Waals surface area contributed by atoms with Crippen molar-refractivity contribution in [3.05, 3.63) is 23.0 Å². The summed E-state index contributed by atoms with van der Waals surface area (Å²) in [5.41, 5.74) is 7.88. The summed E-state index contributed by atoms with van der Waals surface area (Å²) in [5.74, 6) is 0.484. The second-order valence-corrected chi connectivity index (χ2v) is 4.24. The Kier molecular flexibility index (Phi) is 2.09. The molecule has 0 amide bonds. The molecule has 0 spiro atoms. The van der Waals surface area contributed by atoms with Crippen LogP contribution in [0.2, 0.25) is 0 Å². The number of imidazole rings is 1. The molecule has 3 nitrogen and oxygen atoms in total. The maximum Gasteiger partial charge on any atom is 0.194 e. The van der Waals surface area contributed by atoms with Crippen LogP contribution in [0, 0.1) is 0 Å². The summed E-state index contributed by atoms with van der Waals surface area (Å²) in [6, 6.07) is 0. The van der Waals surface area contributed by atoms with E-state index in [0.29, 0.717) is 12.5 Å². The highest BCUT2D eigenvalue weighted by molar-refractivity contribution is 7.15. The van der Waals surface area contributed by atoms with Crippen LogP contribution in [-0.2, 0) is 6.54 Å². The van der Waals surface area contributed by atoms with Gasteiger partial charge in [-0.25, -0.2) is 4.98 Å². The van der Waals surface area contributed by atoms with Crippen LogP contribution in [0.15, 0.2) is 11.6 Å². The van der Waals surface area contributed by atoms with Gasteiger partial charge in [0.25, 0.3) is 0 Å². The average molecular weight is 195 g/mol. The third kappa shape index (κ3) is 1.36. The first-order chi connectivity index (χ1) is 6.22. The van der Waals surface area contributed by atoms with Gasteiger partial charge in [0.05, 0.1) is 5.69 Å². The zero-order valence-corrected chi connectivity index (χ0v) is 8.64. The van der Waals surface area contributed by atoms with Gasteiger partial charge in [-0.2, -0.15) is 0 Å². The normalized spacial score (nSPS) is 11.7. The molecular formula is C9H13N3S. The first-order valence-corrected chi connectivity index (χ1v) is 5.25. The highest BCUT2D eigenvalue weighted by Crippen LogP contribution is 2.20. The summed E-state index contributed by atoms with van der Waals surface area (Å²) in [4.78, 5) is 5.55. The molecule has 0 bridgehead atoms. The molecule has 0 aromatic carbocycles. The Morgan fingerprint density at radius 3 is 3.00 bits per heavy atom. The van der Waals surface area contributed by atoms with Crippen molar-refractivity contribution in [2.75, 3.05) is 0 Å². The highest BCUT2D eigenvalue weighted by Gasteiger charge is 2.08. The summed E-state index contributed by atoms with van der Waals surface area (Å²) in [7, 11) is 0. The lowest BCUT2D eigenvalue weighted by Crippen LogP contribution is -1.98. The van der Waals surface area contributed by atoms with Crippen LogP contribution in [0.25, 0.3) is 4.96 Å². The third-order valence-electron chi connectivity index (χ3n) is 2.10. The lowest BCUT2D eigenvalue weighted by atomic mass is 10.2. The van der Waals surface area contributed by atoms with Gasteiger partial charge in [0.2, 0.25) is 0 Å². The van der Waals surface area contributed by atoms with E-state index in [-0.39, 0.29) is 0 Å². The predicted octanol–water partition coefficient (Wildman–Crippen LogP) is 1.98. The fourth-order valence-corrected chi connectivity index (χ4v) is 2.16. The molecule has 2 heterocycles. The summed E-state index contributed by atoms with van der Waals surface area (Å²) in [6.07, 6.45) is 2.08. The smallest absolute Gasteiger partial charge is 0.194 e. The highest BCUT2D eigenvalue weighted by atomic mass is 32.1. The average Bonchev–Trinajstić information content (AvgIpc) is 2.60. The molecule has 0 radical (unpaired) electrons. The first kappa shape index (κ1) is 8.72. The van der Waals surface area contributed by atoms with Crippen molar-refractivity contribution in [1.82, 2.24) is 9.38 Å². The molecule has 2 aromatic rings. The third-order valence-corrected chi connectivity index (χ3v) is 2.99.